The van der Waals surface area contributed by atoms with E-state index in [0.717, 1.165) is 52.6 Å². The summed E-state index contributed by atoms with van der Waals surface area (Å²) in [5.74, 6) is 0. The average molecular weight is 188 g/mol. The maximum Gasteiger partial charge on any atom is 0.0591 e. The molecular formula is C9H20N2O2. The molecule has 13 heavy (non-hydrogen) atoms. The van der Waals surface area contributed by atoms with Crippen molar-refractivity contribution in [1.82, 2.24) is 10.6 Å². The fourth-order valence-electron chi connectivity index (χ4n) is 1.19. The standard InChI is InChI=1S/C5H11NO.C4H9NO/c1-2-6-3-5-7-4-1;1-3-6-4-2-5-1/h6H,1-5H2;5H,1-4H2. The summed E-state index contributed by atoms with van der Waals surface area (Å²) in [6, 6.07) is 0. The highest BCUT2D eigenvalue weighted by Crippen LogP contribution is 1.83. The van der Waals surface area contributed by atoms with E-state index in [2.05, 4.69) is 10.6 Å². The minimum atomic E-state index is 0.889. The van der Waals surface area contributed by atoms with Crippen molar-refractivity contribution in [3.05, 3.63) is 0 Å². The van der Waals surface area contributed by atoms with Crippen molar-refractivity contribution >= 4 is 0 Å². The van der Waals surface area contributed by atoms with Crippen molar-refractivity contribution in [2.45, 2.75) is 6.42 Å². The van der Waals surface area contributed by atoms with Crippen molar-refractivity contribution in [2.75, 3.05) is 52.6 Å². The number of rotatable bonds is 0. The number of ether oxygens (including phenoxy) is 2. The van der Waals surface area contributed by atoms with Gasteiger partial charge in [-0.05, 0) is 13.0 Å². The first-order valence-electron chi connectivity index (χ1n) is 5.07. The summed E-state index contributed by atoms with van der Waals surface area (Å²) in [5.41, 5.74) is 0. The van der Waals surface area contributed by atoms with E-state index in [1.807, 2.05) is 0 Å². The molecule has 4 heteroatoms. The molecule has 0 aliphatic carbocycles. The molecule has 0 amide bonds. The number of hydrogen-bond acceptors (Lipinski definition) is 4. The molecule has 0 aromatic rings. The van der Waals surface area contributed by atoms with Crippen LogP contribution in [0, 0.1) is 0 Å². The Balaban J connectivity index is 0.000000132. The lowest BCUT2D eigenvalue weighted by molar-refractivity contribution is 0.109. The van der Waals surface area contributed by atoms with Crippen LogP contribution < -0.4 is 10.6 Å². The van der Waals surface area contributed by atoms with E-state index >= 15 is 0 Å². The van der Waals surface area contributed by atoms with Gasteiger partial charge in [0.2, 0.25) is 0 Å². The highest BCUT2D eigenvalue weighted by Gasteiger charge is 1.93. The van der Waals surface area contributed by atoms with Crippen LogP contribution in [-0.2, 0) is 9.47 Å². The zero-order chi connectivity index (χ0) is 9.19. The fourth-order valence-corrected chi connectivity index (χ4v) is 1.19. The van der Waals surface area contributed by atoms with E-state index in [0.29, 0.717) is 0 Å². The highest BCUT2D eigenvalue weighted by molar-refractivity contribution is 4.50. The van der Waals surface area contributed by atoms with Gasteiger partial charge in [0.05, 0.1) is 19.8 Å². The molecule has 0 saturated carbocycles. The molecule has 2 saturated heterocycles. The summed E-state index contributed by atoms with van der Waals surface area (Å²) < 4.78 is 10.1. The molecule has 0 atom stereocenters. The summed E-state index contributed by atoms with van der Waals surface area (Å²) in [6.07, 6.45) is 1.17. The minimum absolute atomic E-state index is 0.889. The predicted octanol–water partition coefficient (Wildman–Crippen LogP) is -0.397. The first-order chi connectivity index (χ1) is 6.50. The third-order valence-electron chi connectivity index (χ3n) is 1.91. The number of hydrogen-bond donors (Lipinski definition) is 2. The Morgan fingerprint density at radius 2 is 1.15 bits per heavy atom. The smallest absolute Gasteiger partial charge is 0.0591 e. The lowest BCUT2D eigenvalue weighted by Gasteiger charge is -2.10. The second-order valence-electron chi connectivity index (χ2n) is 3.08. The van der Waals surface area contributed by atoms with Gasteiger partial charge < -0.3 is 20.1 Å². The first kappa shape index (κ1) is 10.9. The van der Waals surface area contributed by atoms with Crippen molar-refractivity contribution in [2.24, 2.45) is 0 Å². The molecular weight excluding hydrogens is 168 g/mol. The molecule has 2 fully saturated rings. The zero-order valence-corrected chi connectivity index (χ0v) is 8.18. The fraction of sp³-hybridized carbons (Fsp3) is 1.00. The van der Waals surface area contributed by atoms with Gasteiger partial charge in [-0.3, -0.25) is 0 Å². The van der Waals surface area contributed by atoms with Gasteiger partial charge in [-0.1, -0.05) is 0 Å². The Hall–Kier alpha value is -0.160. The second-order valence-corrected chi connectivity index (χ2v) is 3.08. The van der Waals surface area contributed by atoms with Crippen LogP contribution in [-0.4, -0.2) is 52.6 Å². The van der Waals surface area contributed by atoms with Crippen LogP contribution in [0.15, 0.2) is 0 Å². The van der Waals surface area contributed by atoms with E-state index in [1.165, 1.54) is 6.42 Å². The summed E-state index contributed by atoms with van der Waals surface area (Å²) >= 11 is 0. The van der Waals surface area contributed by atoms with Crippen LogP contribution in [0.2, 0.25) is 0 Å². The molecule has 0 aromatic carbocycles. The molecule has 0 spiro atoms. The third kappa shape index (κ3) is 6.95. The Labute approximate surface area is 80.0 Å². The van der Waals surface area contributed by atoms with Gasteiger partial charge in [-0.2, -0.15) is 0 Å². The summed E-state index contributed by atoms with van der Waals surface area (Å²) in [5, 5.41) is 6.38. The summed E-state index contributed by atoms with van der Waals surface area (Å²) in [7, 11) is 0. The van der Waals surface area contributed by atoms with Gasteiger partial charge in [-0.25, -0.2) is 0 Å². The molecule has 2 aliphatic rings. The maximum absolute atomic E-state index is 5.13. The number of morpholine rings is 1. The van der Waals surface area contributed by atoms with Crippen molar-refractivity contribution in [3.63, 3.8) is 0 Å². The van der Waals surface area contributed by atoms with Gasteiger partial charge in [-0.15, -0.1) is 0 Å². The molecule has 2 N–H and O–H groups in total. The van der Waals surface area contributed by atoms with E-state index in [4.69, 9.17) is 9.47 Å². The molecule has 2 aliphatic heterocycles. The largest absolute Gasteiger partial charge is 0.380 e. The Morgan fingerprint density at radius 3 is 1.77 bits per heavy atom. The Kier molecular flexibility index (Phi) is 7.09. The SMILES string of the molecule is C1CNCCOC1.C1COCCN1. The monoisotopic (exact) mass is 188 g/mol. The summed E-state index contributed by atoms with van der Waals surface area (Å²) in [6.45, 7) is 7.81. The van der Waals surface area contributed by atoms with Crippen molar-refractivity contribution in [3.8, 4) is 0 Å². The normalized spacial score (nSPS) is 24.0. The lowest BCUT2D eigenvalue weighted by atomic mass is 10.5. The molecule has 0 aromatic heterocycles. The predicted molar refractivity (Wildman–Crippen MR) is 52.0 cm³/mol. The first-order valence-corrected chi connectivity index (χ1v) is 5.07. The van der Waals surface area contributed by atoms with Crippen molar-refractivity contribution in [1.29, 1.82) is 0 Å². The van der Waals surface area contributed by atoms with E-state index in [9.17, 15) is 0 Å². The highest BCUT2D eigenvalue weighted by atomic mass is 16.5. The molecule has 0 bridgehead atoms. The van der Waals surface area contributed by atoms with Crippen molar-refractivity contribution < 1.29 is 9.47 Å². The molecule has 0 unspecified atom stereocenters. The van der Waals surface area contributed by atoms with Gasteiger partial charge in [0.1, 0.15) is 0 Å². The van der Waals surface area contributed by atoms with Gasteiger partial charge in [0, 0.05) is 26.2 Å². The van der Waals surface area contributed by atoms with Gasteiger partial charge in [0.15, 0.2) is 0 Å². The van der Waals surface area contributed by atoms with Gasteiger partial charge in [0.25, 0.3) is 0 Å². The van der Waals surface area contributed by atoms with E-state index in [-0.39, 0.29) is 0 Å². The molecule has 2 rings (SSSR count). The van der Waals surface area contributed by atoms with Crippen LogP contribution in [0.5, 0.6) is 0 Å². The minimum Gasteiger partial charge on any atom is -0.380 e. The quantitative estimate of drug-likeness (QED) is 0.543. The van der Waals surface area contributed by atoms with Crippen LogP contribution in [0.25, 0.3) is 0 Å². The molecule has 78 valence electrons. The van der Waals surface area contributed by atoms with Gasteiger partial charge >= 0.3 is 0 Å². The molecule has 4 nitrogen and oxygen atoms in total. The Morgan fingerprint density at radius 1 is 0.615 bits per heavy atom. The topological polar surface area (TPSA) is 42.5 Å². The molecule has 2 heterocycles. The average Bonchev–Trinajstić information content (AvgIpc) is 2.53. The van der Waals surface area contributed by atoms with E-state index < -0.39 is 0 Å². The van der Waals surface area contributed by atoms with E-state index in [1.54, 1.807) is 0 Å². The van der Waals surface area contributed by atoms with Crippen LogP contribution in [0.1, 0.15) is 6.42 Å². The lowest BCUT2D eigenvalue weighted by Crippen LogP contribution is -2.30. The van der Waals surface area contributed by atoms with Crippen LogP contribution >= 0.6 is 0 Å². The Bertz CT molecular complexity index is 76.6. The maximum atomic E-state index is 5.13. The second kappa shape index (κ2) is 8.44. The van der Waals surface area contributed by atoms with Crippen LogP contribution in [0.3, 0.4) is 0 Å². The third-order valence-corrected chi connectivity index (χ3v) is 1.91. The molecule has 0 radical (unpaired) electrons. The van der Waals surface area contributed by atoms with Crippen LogP contribution in [0.4, 0.5) is 0 Å². The zero-order valence-electron chi connectivity index (χ0n) is 8.18. The summed E-state index contributed by atoms with van der Waals surface area (Å²) in [4.78, 5) is 0. The number of nitrogens with one attached hydrogen (secondary N) is 2.